The molecular weight excluding hydrogens is 266 g/mol. The molecule has 0 amide bonds. The summed E-state index contributed by atoms with van der Waals surface area (Å²) >= 11 is 3.55. The van der Waals surface area contributed by atoms with E-state index in [0.717, 1.165) is 16.6 Å². The number of carbonyl (C=O) groups is 1. The molecular formula is C13H16BrNO. The fourth-order valence-corrected chi connectivity index (χ4v) is 2.96. The first-order valence-electron chi connectivity index (χ1n) is 5.58. The Morgan fingerprint density at radius 1 is 1.50 bits per heavy atom. The van der Waals surface area contributed by atoms with Crippen LogP contribution < -0.4 is 4.90 Å². The molecule has 0 saturated carbocycles. The van der Waals surface area contributed by atoms with Crippen LogP contribution in [0.1, 0.15) is 32.3 Å². The number of halogens is 1. The van der Waals surface area contributed by atoms with Crippen LogP contribution in [-0.2, 0) is 4.79 Å². The van der Waals surface area contributed by atoms with Crippen LogP contribution in [0.2, 0.25) is 0 Å². The molecule has 1 heterocycles. The lowest BCUT2D eigenvalue weighted by molar-refractivity contribution is -0.118. The third-order valence-electron chi connectivity index (χ3n) is 3.18. The van der Waals surface area contributed by atoms with Crippen LogP contribution in [0.15, 0.2) is 22.7 Å². The number of rotatable bonds is 2. The van der Waals surface area contributed by atoms with Gasteiger partial charge in [-0.05, 0) is 32.9 Å². The molecule has 0 N–H and O–H groups in total. The molecule has 2 rings (SSSR count). The first-order chi connectivity index (χ1) is 7.52. The zero-order chi connectivity index (χ0) is 11.9. The van der Waals surface area contributed by atoms with Crippen LogP contribution in [0.5, 0.6) is 0 Å². The number of hydrogen-bond acceptors (Lipinski definition) is 2. The van der Waals surface area contributed by atoms with Crippen LogP contribution >= 0.6 is 15.9 Å². The summed E-state index contributed by atoms with van der Waals surface area (Å²) in [5.74, 6) is 0.268. The van der Waals surface area contributed by atoms with Gasteiger partial charge in [-0.25, -0.2) is 0 Å². The number of ketones is 1. The Kier molecular flexibility index (Phi) is 3.06. The molecule has 2 nitrogen and oxygen atoms in total. The van der Waals surface area contributed by atoms with Crippen LogP contribution in [-0.4, -0.2) is 18.4 Å². The second kappa shape index (κ2) is 4.21. The summed E-state index contributed by atoms with van der Waals surface area (Å²) < 4.78 is 1.05. The van der Waals surface area contributed by atoms with E-state index in [1.165, 1.54) is 5.69 Å². The minimum absolute atomic E-state index is 0.0213. The van der Waals surface area contributed by atoms with Crippen molar-refractivity contribution in [2.45, 2.75) is 32.7 Å². The average Bonchev–Trinajstić information content (AvgIpc) is 2.58. The van der Waals surface area contributed by atoms with E-state index < -0.39 is 0 Å². The van der Waals surface area contributed by atoms with Gasteiger partial charge in [-0.15, -0.1) is 0 Å². The third-order valence-corrected chi connectivity index (χ3v) is 3.87. The van der Waals surface area contributed by atoms with Crippen LogP contribution in [0, 0.1) is 0 Å². The van der Waals surface area contributed by atoms with Gasteiger partial charge < -0.3 is 4.90 Å². The maximum absolute atomic E-state index is 11.7. The molecule has 0 spiro atoms. The quantitative estimate of drug-likeness (QED) is 0.829. The smallest absolute Gasteiger partial charge is 0.139 e. The number of nitrogens with zero attached hydrogens (tertiary/aromatic N) is 1. The van der Waals surface area contributed by atoms with E-state index in [9.17, 15) is 4.79 Å². The molecule has 0 fully saturated rings. The van der Waals surface area contributed by atoms with Crippen LogP contribution in [0.25, 0.3) is 0 Å². The zero-order valence-corrected chi connectivity index (χ0v) is 11.4. The number of anilines is 1. The summed E-state index contributed by atoms with van der Waals surface area (Å²) in [6.07, 6.45) is 0. The number of benzene rings is 1. The SMILES string of the molecule is CC(=O)C1CN(C(C)C)c2cccc(Br)c21. The second-order valence-corrected chi connectivity index (χ2v) is 5.44. The van der Waals surface area contributed by atoms with Crippen molar-refractivity contribution in [1.29, 1.82) is 0 Å². The molecule has 1 aromatic rings. The van der Waals surface area contributed by atoms with Gasteiger partial charge in [0.05, 0.1) is 5.92 Å². The first-order valence-corrected chi connectivity index (χ1v) is 6.37. The van der Waals surface area contributed by atoms with E-state index in [4.69, 9.17) is 0 Å². The Morgan fingerprint density at radius 3 is 2.75 bits per heavy atom. The summed E-state index contributed by atoms with van der Waals surface area (Å²) in [6, 6.07) is 6.57. The maximum Gasteiger partial charge on any atom is 0.139 e. The predicted octanol–water partition coefficient (Wildman–Crippen LogP) is 3.35. The van der Waals surface area contributed by atoms with Gasteiger partial charge in [0.25, 0.3) is 0 Å². The average molecular weight is 282 g/mol. The van der Waals surface area contributed by atoms with E-state index in [2.05, 4.69) is 40.7 Å². The predicted molar refractivity (Wildman–Crippen MR) is 70.0 cm³/mol. The Morgan fingerprint density at radius 2 is 2.19 bits per heavy atom. The molecule has 16 heavy (non-hydrogen) atoms. The molecule has 0 aromatic heterocycles. The lowest BCUT2D eigenvalue weighted by Crippen LogP contribution is -2.30. The van der Waals surface area contributed by atoms with Gasteiger partial charge in [-0.3, -0.25) is 4.79 Å². The van der Waals surface area contributed by atoms with Crippen LogP contribution in [0.4, 0.5) is 5.69 Å². The summed E-state index contributed by atoms with van der Waals surface area (Å²) in [6.45, 7) is 6.81. The molecule has 1 unspecified atom stereocenters. The third kappa shape index (κ3) is 1.77. The molecule has 1 atom stereocenters. The topological polar surface area (TPSA) is 20.3 Å². The zero-order valence-electron chi connectivity index (χ0n) is 9.83. The first kappa shape index (κ1) is 11.6. The van der Waals surface area contributed by atoms with Crippen molar-refractivity contribution in [3.05, 3.63) is 28.2 Å². The monoisotopic (exact) mass is 281 g/mol. The number of hydrogen-bond donors (Lipinski definition) is 0. The maximum atomic E-state index is 11.7. The molecule has 86 valence electrons. The summed E-state index contributed by atoms with van der Waals surface area (Å²) in [7, 11) is 0. The van der Waals surface area contributed by atoms with Crippen molar-refractivity contribution in [3.8, 4) is 0 Å². The molecule has 1 aromatic carbocycles. The Hall–Kier alpha value is -0.830. The van der Waals surface area contributed by atoms with E-state index in [-0.39, 0.29) is 11.7 Å². The highest BCUT2D eigenvalue weighted by molar-refractivity contribution is 9.10. The Balaban J connectivity index is 2.53. The number of fused-ring (bicyclic) bond motifs is 1. The summed E-state index contributed by atoms with van der Waals surface area (Å²) in [5.41, 5.74) is 2.35. The molecule has 1 aliphatic heterocycles. The van der Waals surface area contributed by atoms with Gasteiger partial charge in [0.15, 0.2) is 0 Å². The van der Waals surface area contributed by atoms with Gasteiger partial charge >= 0.3 is 0 Å². The van der Waals surface area contributed by atoms with E-state index >= 15 is 0 Å². The summed E-state index contributed by atoms with van der Waals surface area (Å²) in [4.78, 5) is 14.0. The molecule has 0 bridgehead atoms. The minimum Gasteiger partial charge on any atom is -0.368 e. The van der Waals surface area contributed by atoms with Gasteiger partial charge in [-0.1, -0.05) is 22.0 Å². The van der Waals surface area contributed by atoms with Crippen molar-refractivity contribution in [3.63, 3.8) is 0 Å². The van der Waals surface area contributed by atoms with Crippen LogP contribution in [0.3, 0.4) is 0 Å². The largest absolute Gasteiger partial charge is 0.368 e. The van der Waals surface area contributed by atoms with Crippen molar-refractivity contribution < 1.29 is 4.79 Å². The normalized spacial score (nSPS) is 19.1. The van der Waals surface area contributed by atoms with Gasteiger partial charge in [0.1, 0.15) is 5.78 Å². The molecule has 0 saturated heterocycles. The highest BCUT2D eigenvalue weighted by atomic mass is 79.9. The number of Topliss-reactive ketones (excluding diaryl/α,β-unsaturated/α-hetero) is 1. The molecule has 0 radical (unpaired) electrons. The lowest BCUT2D eigenvalue weighted by Gasteiger charge is -2.24. The summed E-state index contributed by atoms with van der Waals surface area (Å²) in [5, 5.41) is 0. The van der Waals surface area contributed by atoms with Gasteiger partial charge in [0.2, 0.25) is 0 Å². The minimum atomic E-state index is 0.0213. The molecule has 0 aliphatic carbocycles. The van der Waals surface area contributed by atoms with Crippen molar-refractivity contribution >= 4 is 27.4 Å². The highest BCUT2D eigenvalue weighted by Gasteiger charge is 2.34. The second-order valence-electron chi connectivity index (χ2n) is 4.58. The Labute approximate surface area is 105 Å². The molecule has 1 aliphatic rings. The van der Waals surface area contributed by atoms with Crippen molar-refractivity contribution in [2.24, 2.45) is 0 Å². The molecule has 3 heteroatoms. The van der Waals surface area contributed by atoms with Gasteiger partial charge in [0, 0.05) is 28.3 Å². The number of carbonyl (C=O) groups excluding carboxylic acids is 1. The standard InChI is InChI=1S/C13H16BrNO/c1-8(2)15-7-10(9(3)16)13-11(14)5-4-6-12(13)15/h4-6,8,10H,7H2,1-3H3. The Bertz CT molecular complexity index is 428. The van der Waals surface area contributed by atoms with E-state index in [0.29, 0.717) is 6.04 Å². The van der Waals surface area contributed by atoms with Crippen molar-refractivity contribution in [1.82, 2.24) is 0 Å². The highest BCUT2D eigenvalue weighted by Crippen LogP contribution is 2.42. The van der Waals surface area contributed by atoms with Gasteiger partial charge in [-0.2, -0.15) is 0 Å². The fraction of sp³-hybridized carbons (Fsp3) is 0.462. The fourth-order valence-electron chi connectivity index (χ4n) is 2.33. The lowest BCUT2D eigenvalue weighted by atomic mass is 9.98. The van der Waals surface area contributed by atoms with Crippen molar-refractivity contribution in [2.75, 3.05) is 11.4 Å². The van der Waals surface area contributed by atoms with E-state index in [1.54, 1.807) is 6.92 Å². The van der Waals surface area contributed by atoms with E-state index in [1.807, 2.05) is 12.1 Å².